The molecule has 3 N–H and O–H groups in total. The van der Waals surface area contributed by atoms with Crippen molar-refractivity contribution in [2.75, 3.05) is 11.1 Å². The Morgan fingerprint density at radius 3 is 2.50 bits per heavy atom. The molecule has 0 aromatic heterocycles. The Morgan fingerprint density at radius 1 is 1.10 bits per heavy atom. The number of anilines is 2. The maximum absolute atomic E-state index is 12.6. The number of aryl methyl sites for hydroxylation is 1. The van der Waals surface area contributed by atoms with Gasteiger partial charge in [-0.1, -0.05) is 18.2 Å². The summed E-state index contributed by atoms with van der Waals surface area (Å²) in [5.41, 5.74) is 8.08. The molecule has 2 aromatic rings. The Bertz CT molecular complexity index is 606. The third-order valence-corrected chi connectivity index (χ3v) is 2.94. The topological polar surface area (TPSA) is 38.0 Å². The molecule has 0 bridgehead atoms. The van der Waals surface area contributed by atoms with Crippen LogP contribution >= 0.6 is 0 Å². The van der Waals surface area contributed by atoms with Gasteiger partial charge in [0.15, 0.2) is 0 Å². The van der Waals surface area contributed by atoms with Crippen LogP contribution in [-0.4, -0.2) is 0 Å². The van der Waals surface area contributed by atoms with Crippen molar-refractivity contribution in [1.82, 2.24) is 0 Å². The fourth-order valence-corrected chi connectivity index (χ4v) is 1.90. The highest BCUT2D eigenvalue weighted by Crippen LogP contribution is 2.29. The Labute approximate surface area is 115 Å². The van der Waals surface area contributed by atoms with Gasteiger partial charge in [0.1, 0.15) is 0 Å². The number of hydrogen-bond donors (Lipinski definition) is 2. The maximum atomic E-state index is 12.6. The molecule has 0 aliphatic rings. The molecule has 0 fully saturated rings. The lowest BCUT2D eigenvalue weighted by atomic mass is 10.1. The molecule has 0 aliphatic carbocycles. The minimum absolute atomic E-state index is 0.289. The zero-order valence-electron chi connectivity index (χ0n) is 11.0. The van der Waals surface area contributed by atoms with Crippen LogP contribution in [0.4, 0.5) is 24.5 Å². The lowest BCUT2D eigenvalue weighted by Crippen LogP contribution is -2.07. The minimum Gasteiger partial charge on any atom is -0.397 e. The molecule has 2 nitrogen and oxygen atoms in total. The van der Waals surface area contributed by atoms with Gasteiger partial charge in [-0.15, -0.1) is 0 Å². The van der Waals surface area contributed by atoms with E-state index in [1.165, 1.54) is 6.07 Å². The van der Waals surface area contributed by atoms with E-state index >= 15 is 0 Å². The zero-order valence-corrected chi connectivity index (χ0v) is 11.0. The molecule has 2 rings (SSSR count). The number of hydrogen-bond acceptors (Lipinski definition) is 2. The SMILES string of the molecule is Cc1ccc(NCc2cccc(C(F)(F)F)c2)c(N)c1. The summed E-state index contributed by atoms with van der Waals surface area (Å²) < 4.78 is 37.8. The molecule has 0 spiro atoms. The van der Waals surface area contributed by atoms with Crippen LogP contribution in [0.3, 0.4) is 0 Å². The van der Waals surface area contributed by atoms with E-state index in [4.69, 9.17) is 5.73 Å². The molecule has 20 heavy (non-hydrogen) atoms. The zero-order chi connectivity index (χ0) is 14.8. The second kappa shape index (κ2) is 5.45. The van der Waals surface area contributed by atoms with Crippen molar-refractivity contribution in [1.29, 1.82) is 0 Å². The molecule has 0 saturated carbocycles. The van der Waals surface area contributed by atoms with Gasteiger partial charge in [-0.3, -0.25) is 0 Å². The van der Waals surface area contributed by atoms with Crippen LogP contribution in [-0.2, 0) is 12.7 Å². The highest BCUT2D eigenvalue weighted by atomic mass is 19.4. The first-order chi connectivity index (χ1) is 9.36. The van der Waals surface area contributed by atoms with Crippen LogP contribution in [0, 0.1) is 6.92 Å². The van der Waals surface area contributed by atoms with E-state index in [1.807, 2.05) is 25.1 Å². The molecule has 0 saturated heterocycles. The summed E-state index contributed by atoms with van der Waals surface area (Å²) in [5, 5.41) is 3.04. The van der Waals surface area contributed by atoms with Crippen LogP contribution in [0.15, 0.2) is 42.5 Å². The second-order valence-electron chi connectivity index (χ2n) is 4.64. The summed E-state index contributed by atoms with van der Waals surface area (Å²) >= 11 is 0. The molecule has 0 atom stereocenters. The molecular formula is C15H15F3N2. The number of halogens is 3. The van der Waals surface area contributed by atoms with E-state index in [0.29, 0.717) is 16.9 Å². The van der Waals surface area contributed by atoms with Crippen LogP contribution in [0.25, 0.3) is 0 Å². The van der Waals surface area contributed by atoms with Gasteiger partial charge in [0.05, 0.1) is 16.9 Å². The largest absolute Gasteiger partial charge is 0.416 e. The Balaban J connectivity index is 2.11. The quantitative estimate of drug-likeness (QED) is 0.827. The molecule has 2 aromatic carbocycles. The minimum atomic E-state index is -4.32. The summed E-state index contributed by atoms with van der Waals surface area (Å²) in [6.45, 7) is 2.21. The van der Waals surface area contributed by atoms with E-state index < -0.39 is 11.7 Å². The number of rotatable bonds is 3. The molecule has 0 heterocycles. The van der Waals surface area contributed by atoms with Crippen molar-refractivity contribution < 1.29 is 13.2 Å². The summed E-state index contributed by atoms with van der Waals surface area (Å²) in [5.74, 6) is 0. The molecule has 0 radical (unpaired) electrons. The Morgan fingerprint density at radius 2 is 1.85 bits per heavy atom. The van der Waals surface area contributed by atoms with Crippen molar-refractivity contribution in [2.24, 2.45) is 0 Å². The van der Waals surface area contributed by atoms with Crippen LogP contribution in [0.5, 0.6) is 0 Å². The van der Waals surface area contributed by atoms with Crippen LogP contribution in [0.2, 0.25) is 0 Å². The number of nitrogens with two attached hydrogens (primary N) is 1. The maximum Gasteiger partial charge on any atom is 0.416 e. The average Bonchev–Trinajstić information content (AvgIpc) is 2.37. The highest BCUT2D eigenvalue weighted by Gasteiger charge is 2.30. The summed E-state index contributed by atoms with van der Waals surface area (Å²) in [6, 6.07) is 10.8. The normalized spacial score (nSPS) is 11.4. The standard InChI is InChI=1S/C15H15F3N2/c1-10-5-6-14(13(19)7-10)20-9-11-3-2-4-12(8-11)15(16,17)18/h2-8,20H,9,19H2,1H3. The predicted octanol–water partition coefficient (Wildman–Crippen LogP) is 4.21. The van der Waals surface area contributed by atoms with Gasteiger partial charge in [-0.2, -0.15) is 13.2 Å². The van der Waals surface area contributed by atoms with Gasteiger partial charge in [0.2, 0.25) is 0 Å². The third kappa shape index (κ3) is 3.44. The van der Waals surface area contributed by atoms with Gasteiger partial charge in [0.25, 0.3) is 0 Å². The third-order valence-electron chi connectivity index (χ3n) is 2.94. The van der Waals surface area contributed by atoms with E-state index in [2.05, 4.69) is 5.32 Å². The van der Waals surface area contributed by atoms with Crippen molar-refractivity contribution in [3.05, 3.63) is 59.2 Å². The number of nitrogens with one attached hydrogen (secondary N) is 1. The smallest absolute Gasteiger partial charge is 0.397 e. The average molecular weight is 280 g/mol. The van der Waals surface area contributed by atoms with Gasteiger partial charge >= 0.3 is 6.18 Å². The number of alkyl halides is 3. The van der Waals surface area contributed by atoms with E-state index in [1.54, 1.807) is 6.07 Å². The van der Waals surface area contributed by atoms with E-state index in [0.717, 1.165) is 17.7 Å². The highest BCUT2D eigenvalue weighted by molar-refractivity contribution is 5.66. The van der Waals surface area contributed by atoms with Crippen molar-refractivity contribution in [3.8, 4) is 0 Å². The molecule has 0 unspecified atom stereocenters. The molecule has 106 valence electrons. The van der Waals surface area contributed by atoms with Gasteiger partial charge in [0, 0.05) is 6.54 Å². The van der Waals surface area contributed by atoms with E-state index in [9.17, 15) is 13.2 Å². The van der Waals surface area contributed by atoms with Crippen LogP contribution < -0.4 is 11.1 Å². The first-order valence-electron chi connectivity index (χ1n) is 6.12. The first-order valence-corrected chi connectivity index (χ1v) is 6.12. The van der Waals surface area contributed by atoms with Crippen molar-refractivity contribution in [3.63, 3.8) is 0 Å². The monoisotopic (exact) mass is 280 g/mol. The first kappa shape index (κ1) is 14.2. The van der Waals surface area contributed by atoms with Gasteiger partial charge in [-0.25, -0.2) is 0 Å². The fraction of sp³-hybridized carbons (Fsp3) is 0.200. The van der Waals surface area contributed by atoms with Gasteiger partial charge < -0.3 is 11.1 Å². The summed E-state index contributed by atoms with van der Waals surface area (Å²) in [6.07, 6.45) is -4.32. The lowest BCUT2D eigenvalue weighted by molar-refractivity contribution is -0.137. The summed E-state index contributed by atoms with van der Waals surface area (Å²) in [4.78, 5) is 0. The molecule has 5 heteroatoms. The van der Waals surface area contributed by atoms with E-state index in [-0.39, 0.29) is 6.54 Å². The number of nitrogen functional groups attached to an aromatic ring is 1. The second-order valence-corrected chi connectivity index (χ2v) is 4.64. The predicted molar refractivity (Wildman–Crippen MR) is 74.4 cm³/mol. The Kier molecular flexibility index (Phi) is 3.88. The van der Waals surface area contributed by atoms with Crippen molar-refractivity contribution >= 4 is 11.4 Å². The van der Waals surface area contributed by atoms with Crippen molar-refractivity contribution in [2.45, 2.75) is 19.6 Å². The fourth-order valence-electron chi connectivity index (χ4n) is 1.90. The lowest BCUT2D eigenvalue weighted by Gasteiger charge is -2.12. The van der Waals surface area contributed by atoms with Gasteiger partial charge in [-0.05, 0) is 42.3 Å². The molecule has 0 aliphatic heterocycles. The summed E-state index contributed by atoms with van der Waals surface area (Å²) in [7, 11) is 0. The number of benzene rings is 2. The molecule has 0 amide bonds. The molecular weight excluding hydrogens is 265 g/mol. The van der Waals surface area contributed by atoms with Crippen LogP contribution in [0.1, 0.15) is 16.7 Å². The Hall–Kier alpha value is -2.17.